The van der Waals surface area contributed by atoms with Crippen LogP contribution in [-0.2, 0) is 4.74 Å². The molecule has 0 spiro atoms. The summed E-state index contributed by atoms with van der Waals surface area (Å²) in [7, 11) is 0. The fraction of sp³-hybridized carbons (Fsp3) is 0.417. The van der Waals surface area contributed by atoms with E-state index >= 15 is 0 Å². The van der Waals surface area contributed by atoms with Gasteiger partial charge < -0.3 is 9.47 Å². The molecule has 0 saturated carbocycles. The van der Waals surface area contributed by atoms with Gasteiger partial charge in [0.05, 0.1) is 6.61 Å². The van der Waals surface area contributed by atoms with Gasteiger partial charge in [0, 0.05) is 5.69 Å². The van der Waals surface area contributed by atoms with Crippen LogP contribution in [0, 0.1) is 0 Å². The summed E-state index contributed by atoms with van der Waals surface area (Å²) in [4.78, 5) is 11.3. The number of rotatable bonds is 5. The van der Waals surface area contributed by atoms with Gasteiger partial charge in [0.15, 0.2) is 0 Å². The number of carbonyl (C=O) groups is 1. The Morgan fingerprint density at radius 3 is 2.42 bits per heavy atom. The molecule has 0 saturated heterocycles. The zero-order chi connectivity index (χ0) is 14.3. The first-order valence-electron chi connectivity index (χ1n) is 5.70. The number of carbonyl (C=O) groups excluding carboxylic acids is 1. The van der Waals surface area contributed by atoms with E-state index in [1.54, 1.807) is 0 Å². The van der Waals surface area contributed by atoms with E-state index in [1.165, 1.54) is 12.1 Å². The van der Waals surface area contributed by atoms with Gasteiger partial charge in [-0.05, 0) is 30.7 Å². The first-order chi connectivity index (χ1) is 8.90. The minimum absolute atomic E-state index is 0.303. The lowest BCUT2D eigenvalue weighted by atomic mass is 10.3. The minimum atomic E-state index is -4.73. The quantitative estimate of drug-likeness (QED) is 0.829. The number of nitrogens with one attached hydrogen (secondary N) is 1. The predicted octanol–water partition coefficient (Wildman–Crippen LogP) is 3.93. The average Bonchev–Trinajstić information content (AvgIpc) is 2.30. The lowest BCUT2D eigenvalue weighted by Gasteiger charge is -2.10. The van der Waals surface area contributed by atoms with E-state index in [1.807, 2.05) is 6.92 Å². The van der Waals surface area contributed by atoms with Gasteiger partial charge in [-0.15, -0.1) is 13.2 Å². The van der Waals surface area contributed by atoms with Gasteiger partial charge in [-0.2, -0.15) is 0 Å². The Labute approximate surface area is 108 Å². The molecule has 19 heavy (non-hydrogen) atoms. The maximum Gasteiger partial charge on any atom is 0.573 e. The van der Waals surface area contributed by atoms with E-state index in [0.29, 0.717) is 12.3 Å². The van der Waals surface area contributed by atoms with Crippen molar-refractivity contribution >= 4 is 11.8 Å². The molecule has 0 atom stereocenters. The number of hydrogen-bond acceptors (Lipinski definition) is 3. The lowest BCUT2D eigenvalue weighted by Crippen LogP contribution is -2.17. The van der Waals surface area contributed by atoms with Crippen molar-refractivity contribution in [3.8, 4) is 5.75 Å². The van der Waals surface area contributed by atoms with Gasteiger partial charge in [-0.3, -0.25) is 5.32 Å². The largest absolute Gasteiger partial charge is 0.573 e. The molecule has 0 heterocycles. The molecule has 0 unspecified atom stereocenters. The molecule has 0 aliphatic rings. The molecule has 1 aromatic carbocycles. The number of alkyl halides is 3. The van der Waals surface area contributed by atoms with Gasteiger partial charge in [-0.1, -0.05) is 13.3 Å². The molecule has 1 aromatic rings. The highest BCUT2D eigenvalue weighted by Crippen LogP contribution is 2.23. The van der Waals surface area contributed by atoms with Crippen LogP contribution < -0.4 is 10.1 Å². The van der Waals surface area contributed by atoms with Crippen molar-refractivity contribution in [1.82, 2.24) is 0 Å². The molecule has 0 radical (unpaired) electrons. The molecular weight excluding hydrogens is 263 g/mol. The molecule has 1 N–H and O–H groups in total. The van der Waals surface area contributed by atoms with Crippen LogP contribution in [0.5, 0.6) is 5.75 Å². The third-order valence-electron chi connectivity index (χ3n) is 2.07. The highest BCUT2D eigenvalue weighted by atomic mass is 19.4. The van der Waals surface area contributed by atoms with Gasteiger partial charge in [0.2, 0.25) is 0 Å². The number of ether oxygens (including phenoxy) is 2. The third-order valence-corrected chi connectivity index (χ3v) is 2.07. The van der Waals surface area contributed by atoms with Gasteiger partial charge in [0.25, 0.3) is 0 Å². The highest BCUT2D eigenvalue weighted by Gasteiger charge is 2.30. The first kappa shape index (κ1) is 15.1. The second kappa shape index (κ2) is 6.86. The fourth-order valence-corrected chi connectivity index (χ4v) is 1.20. The van der Waals surface area contributed by atoms with Crippen LogP contribution >= 0.6 is 0 Å². The van der Waals surface area contributed by atoms with Crippen molar-refractivity contribution in [2.24, 2.45) is 0 Å². The van der Waals surface area contributed by atoms with Crippen LogP contribution in [0.2, 0.25) is 0 Å². The highest BCUT2D eigenvalue weighted by molar-refractivity contribution is 5.84. The second-order valence-corrected chi connectivity index (χ2v) is 3.69. The summed E-state index contributed by atoms with van der Waals surface area (Å²) in [5.41, 5.74) is 0.330. The Morgan fingerprint density at radius 1 is 1.26 bits per heavy atom. The number of amides is 1. The minimum Gasteiger partial charge on any atom is -0.449 e. The molecule has 1 rings (SSSR count). The van der Waals surface area contributed by atoms with Crippen LogP contribution in [0.4, 0.5) is 23.7 Å². The molecule has 106 valence electrons. The van der Waals surface area contributed by atoms with E-state index in [4.69, 9.17) is 4.74 Å². The molecule has 0 aromatic heterocycles. The van der Waals surface area contributed by atoms with Crippen molar-refractivity contribution < 1.29 is 27.4 Å². The van der Waals surface area contributed by atoms with Gasteiger partial charge in [-0.25, -0.2) is 4.79 Å². The number of unbranched alkanes of at least 4 members (excludes halogenated alkanes) is 1. The molecule has 0 aliphatic heterocycles. The van der Waals surface area contributed by atoms with Crippen LogP contribution in [-0.4, -0.2) is 19.1 Å². The molecule has 0 bridgehead atoms. The number of anilines is 1. The van der Waals surface area contributed by atoms with Gasteiger partial charge >= 0.3 is 12.5 Å². The van der Waals surface area contributed by atoms with Crippen LogP contribution in [0.1, 0.15) is 19.8 Å². The second-order valence-electron chi connectivity index (χ2n) is 3.69. The van der Waals surface area contributed by atoms with Crippen molar-refractivity contribution in [2.45, 2.75) is 26.1 Å². The molecular formula is C12H14F3NO3. The van der Waals surface area contributed by atoms with Crippen LogP contribution in [0.15, 0.2) is 24.3 Å². The SMILES string of the molecule is CCCCOC(=O)Nc1ccc(OC(F)(F)F)cc1. The van der Waals surface area contributed by atoms with Crippen LogP contribution in [0.25, 0.3) is 0 Å². The van der Waals surface area contributed by atoms with Crippen molar-refractivity contribution in [3.63, 3.8) is 0 Å². The topological polar surface area (TPSA) is 47.6 Å². The zero-order valence-electron chi connectivity index (χ0n) is 10.3. The maximum absolute atomic E-state index is 11.9. The Bertz CT molecular complexity index is 404. The smallest absolute Gasteiger partial charge is 0.449 e. The summed E-state index contributed by atoms with van der Waals surface area (Å²) < 4.78 is 44.3. The molecule has 0 aliphatic carbocycles. The number of benzene rings is 1. The first-order valence-corrected chi connectivity index (χ1v) is 5.70. The van der Waals surface area contributed by atoms with E-state index < -0.39 is 12.5 Å². The lowest BCUT2D eigenvalue weighted by molar-refractivity contribution is -0.274. The normalized spacial score (nSPS) is 10.9. The molecule has 4 nitrogen and oxygen atoms in total. The zero-order valence-corrected chi connectivity index (χ0v) is 10.3. The monoisotopic (exact) mass is 277 g/mol. The summed E-state index contributed by atoms with van der Waals surface area (Å²) >= 11 is 0. The number of hydrogen-bond donors (Lipinski definition) is 1. The van der Waals surface area contributed by atoms with Crippen molar-refractivity contribution in [2.75, 3.05) is 11.9 Å². The van der Waals surface area contributed by atoms with E-state index in [9.17, 15) is 18.0 Å². The summed E-state index contributed by atoms with van der Waals surface area (Å²) in [6.07, 6.45) is -3.71. The third kappa shape index (κ3) is 6.54. The Morgan fingerprint density at radius 2 is 1.89 bits per heavy atom. The standard InChI is InChI=1S/C12H14F3NO3/c1-2-3-8-18-11(17)16-9-4-6-10(7-5-9)19-12(13,14)15/h4-7H,2-3,8H2,1H3,(H,16,17). The maximum atomic E-state index is 11.9. The molecule has 1 amide bonds. The van der Waals surface area contributed by atoms with E-state index in [0.717, 1.165) is 25.0 Å². The number of halogens is 3. The molecule has 7 heteroatoms. The predicted molar refractivity (Wildman–Crippen MR) is 63.0 cm³/mol. The Balaban J connectivity index is 2.46. The van der Waals surface area contributed by atoms with Crippen LogP contribution in [0.3, 0.4) is 0 Å². The summed E-state index contributed by atoms with van der Waals surface area (Å²) in [6, 6.07) is 4.80. The van der Waals surface area contributed by atoms with Gasteiger partial charge in [0.1, 0.15) is 5.75 Å². The Hall–Kier alpha value is -1.92. The van der Waals surface area contributed by atoms with Crippen molar-refractivity contribution in [1.29, 1.82) is 0 Å². The average molecular weight is 277 g/mol. The van der Waals surface area contributed by atoms with Crippen molar-refractivity contribution in [3.05, 3.63) is 24.3 Å². The summed E-state index contributed by atoms with van der Waals surface area (Å²) in [5, 5.41) is 2.39. The fourth-order valence-electron chi connectivity index (χ4n) is 1.20. The summed E-state index contributed by atoms with van der Waals surface area (Å²) in [6.45, 7) is 2.26. The Kier molecular flexibility index (Phi) is 5.47. The molecule has 0 fully saturated rings. The van der Waals surface area contributed by atoms with E-state index in [2.05, 4.69) is 10.1 Å². The van der Waals surface area contributed by atoms with E-state index in [-0.39, 0.29) is 5.75 Å². The summed E-state index contributed by atoms with van der Waals surface area (Å²) in [5.74, 6) is -0.350.